The molecule has 0 amide bonds. The van der Waals surface area contributed by atoms with E-state index in [0.29, 0.717) is 34.7 Å². The Morgan fingerprint density at radius 3 is 2.62 bits per heavy atom. The van der Waals surface area contributed by atoms with Crippen LogP contribution in [0.3, 0.4) is 0 Å². The van der Waals surface area contributed by atoms with Gasteiger partial charge in [-0.15, -0.1) is 0 Å². The van der Waals surface area contributed by atoms with Gasteiger partial charge in [-0.3, -0.25) is 4.90 Å². The Morgan fingerprint density at radius 2 is 1.86 bits per heavy atom. The summed E-state index contributed by atoms with van der Waals surface area (Å²) >= 11 is 0. The maximum atomic E-state index is 13.7. The lowest BCUT2D eigenvalue weighted by molar-refractivity contribution is -0.0140. The first-order valence-electron chi connectivity index (χ1n) is 13.0. The third-order valence-corrected chi connectivity index (χ3v) is 8.38. The average Bonchev–Trinajstić information content (AvgIpc) is 3.19. The fraction of sp³-hybridized carbons (Fsp3) is 0.414. The Bertz CT molecular complexity index is 1380. The molecular formula is C29H30N2O6. The zero-order valence-corrected chi connectivity index (χ0v) is 21.0. The van der Waals surface area contributed by atoms with Crippen molar-refractivity contribution >= 4 is 29.1 Å². The highest BCUT2D eigenvalue weighted by Crippen LogP contribution is 2.52. The summed E-state index contributed by atoms with van der Waals surface area (Å²) in [7, 11) is 1.26. The molecule has 2 aromatic carbocycles. The van der Waals surface area contributed by atoms with Crippen molar-refractivity contribution in [2.24, 2.45) is 11.8 Å². The fourth-order valence-electron chi connectivity index (χ4n) is 6.99. The van der Waals surface area contributed by atoms with E-state index in [1.165, 1.54) is 13.5 Å². The van der Waals surface area contributed by atoms with Crippen LogP contribution in [0.5, 0.6) is 5.75 Å². The molecule has 4 aliphatic rings. The van der Waals surface area contributed by atoms with E-state index in [1.54, 1.807) is 53.1 Å². The number of fused-ring (bicyclic) bond motifs is 4. The van der Waals surface area contributed by atoms with Crippen LogP contribution in [-0.2, 0) is 15.9 Å². The molecule has 8 heteroatoms. The number of carbonyl (C=O) groups is 3. The number of methoxy groups -OCH3 is 1. The Labute approximate surface area is 215 Å². The Hall–Kier alpha value is -3.65. The number of aromatic nitrogens is 1. The van der Waals surface area contributed by atoms with Crippen molar-refractivity contribution in [3.63, 3.8) is 0 Å². The van der Waals surface area contributed by atoms with E-state index in [2.05, 4.69) is 16.6 Å². The van der Waals surface area contributed by atoms with E-state index >= 15 is 0 Å². The summed E-state index contributed by atoms with van der Waals surface area (Å²) < 4.78 is 17.0. The normalized spacial score (nSPS) is 25.7. The maximum Gasteiger partial charge on any atom is 0.513 e. The minimum absolute atomic E-state index is 0.159. The van der Waals surface area contributed by atoms with E-state index in [1.807, 2.05) is 0 Å². The van der Waals surface area contributed by atoms with E-state index in [0.717, 1.165) is 49.0 Å². The van der Waals surface area contributed by atoms with Gasteiger partial charge >= 0.3 is 18.2 Å². The molecule has 0 radical (unpaired) electrons. The number of carbonyl (C=O) groups excluding carboxylic acids is 3. The van der Waals surface area contributed by atoms with Gasteiger partial charge in [-0.2, -0.15) is 0 Å². The summed E-state index contributed by atoms with van der Waals surface area (Å²) in [4.78, 5) is 40.9. The van der Waals surface area contributed by atoms with Crippen LogP contribution < -0.4 is 4.74 Å². The number of rotatable bonds is 3. The van der Waals surface area contributed by atoms with Gasteiger partial charge in [0, 0.05) is 36.1 Å². The molecule has 4 bridgehead atoms. The predicted octanol–water partition coefficient (Wildman–Crippen LogP) is 5.37. The van der Waals surface area contributed by atoms with E-state index in [-0.39, 0.29) is 5.92 Å². The summed E-state index contributed by atoms with van der Waals surface area (Å²) in [5, 5.41) is 0.832. The van der Waals surface area contributed by atoms with Crippen molar-refractivity contribution in [3.8, 4) is 5.75 Å². The maximum absolute atomic E-state index is 13.7. The molecule has 37 heavy (non-hydrogen) atoms. The molecule has 1 aromatic heterocycles. The van der Waals surface area contributed by atoms with Crippen LogP contribution in [0.25, 0.3) is 10.9 Å². The third-order valence-electron chi connectivity index (χ3n) is 8.38. The van der Waals surface area contributed by atoms with Crippen LogP contribution in [0.15, 0.2) is 48.5 Å². The van der Waals surface area contributed by atoms with E-state index in [9.17, 15) is 14.4 Å². The quantitative estimate of drug-likeness (QED) is 0.270. The first kappa shape index (κ1) is 23.7. The number of esters is 1. The Morgan fingerprint density at radius 1 is 1.05 bits per heavy atom. The number of hydrogen-bond donors (Lipinski definition) is 0. The van der Waals surface area contributed by atoms with Gasteiger partial charge in [-0.25, -0.2) is 19.0 Å². The molecule has 192 valence electrons. The van der Waals surface area contributed by atoms with Crippen LogP contribution in [0, 0.1) is 11.8 Å². The lowest BCUT2D eigenvalue weighted by atomic mass is 9.65. The van der Waals surface area contributed by atoms with Gasteiger partial charge in [0.15, 0.2) is 0 Å². The molecule has 4 heterocycles. The molecule has 7 rings (SSSR count). The monoisotopic (exact) mass is 502 g/mol. The molecule has 1 aliphatic carbocycles. The molecule has 0 N–H and O–H groups in total. The van der Waals surface area contributed by atoms with Crippen LogP contribution in [0.2, 0.25) is 0 Å². The summed E-state index contributed by atoms with van der Waals surface area (Å²) in [6.45, 7) is 4.24. The van der Waals surface area contributed by atoms with Crippen LogP contribution in [0.4, 0.5) is 9.59 Å². The van der Waals surface area contributed by atoms with Crippen molar-refractivity contribution in [1.82, 2.24) is 9.47 Å². The lowest BCUT2D eigenvalue weighted by Crippen LogP contribution is -2.56. The molecule has 3 fully saturated rings. The number of hydrogen-bond acceptors (Lipinski definition) is 7. The second-order valence-electron chi connectivity index (χ2n) is 10.3. The number of benzene rings is 2. The van der Waals surface area contributed by atoms with Crippen molar-refractivity contribution in [2.75, 3.05) is 20.2 Å². The molecule has 3 aromatic rings. The first-order chi connectivity index (χ1) is 18.0. The molecular weight excluding hydrogens is 472 g/mol. The fourth-order valence-corrected chi connectivity index (χ4v) is 6.99. The van der Waals surface area contributed by atoms with Crippen molar-refractivity contribution in [2.45, 2.75) is 44.6 Å². The Balaban J connectivity index is 1.48. The van der Waals surface area contributed by atoms with Crippen LogP contribution in [0.1, 0.15) is 53.7 Å². The topological polar surface area (TPSA) is 87.1 Å². The standard InChI is InChI=1S/C29H30N2O6/c1-3-18-13-17-14-23-25(18)30(16-17)12-11-21-22-15-20(36-29(34)35-2)9-10-24(22)31(26(21)23)28(33)37-27(32)19-7-5-4-6-8-19/h4-10,15,17-18,23,25H,3,11-14,16H2,1-2H3/t17-,18?,23+,25?/m0/s1. The molecule has 5 atom stereocenters. The summed E-state index contributed by atoms with van der Waals surface area (Å²) in [6.07, 6.45) is 2.57. The molecule has 1 saturated carbocycles. The number of ether oxygens (including phenoxy) is 3. The van der Waals surface area contributed by atoms with Gasteiger partial charge in [0.05, 0.1) is 18.2 Å². The lowest BCUT2D eigenvalue weighted by Gasteiger charge is -2.53. The molecule has 8 nitrogen and oxygen atoms in total. The highest BCUT2D eigenvalue weighted by Gasteiger charge is 2.50. The largest absolute Gasteiger partial charge is 0.513 e. The minimum atomic E-state index is -0.803. The minimum Gasteiger partial charge on any atom is -0.437 e. The van der Waals surface area contributed by atoms with Gasteiger partial charge in [0.2, 0.25) is 0 Å². The zero-order chi connectivity index (χ0) is 25.7. The number of nitrogens with zero attached hydrogens (tertiary/aromatic N) is 2. The van der Waals surface area contributed by atoms with Crippen LogP contribution in [-0.4, -0.2) is 53.9 Å². The van der Waals surface area contributed by atoms with Gasteiger partial charge in [-0.05, 0) is 67.0 Å². The van der Waals surface area contributed by atoms with Crippen molar-refractivity contribution < 1.29 is 28.6 Å². The van der Waals surface area contributed by atoms with Gasteiger partial charge in [0.25, 0.3) is 0 Å². The predicted molar refractivity (Wildman–Crippen MR) is 136 cm³/mol. The summed E-state index contributed by atoms with van der Waals surface area (Å²) in [5.41, 5.74) is 2.97. The zero-order valence-electron chi connectivity index (χ0n) is 21.0. The Kier molecular flexibility index (Phi) is 5.99. The molecule has 2 saturated heterocycles. The summed E-state index contributed by atoms with van der Waals surface area (Å²) in [5.74, 6) is 0.964. The third kappa shape index (κ3) is 4.00. The van der Waals surface area contributed by atoms with E-state index in [4.69, 9.17) is 9.47 Å². The van der Waals surface area contributed by atoms with Gasteiger partial charge in [-0.1, -0.05) is 31.5 Å². The average molecular weight is 503 g/mol. The van der Waals surface area contributed by atoms with Gasteiger partial charge in [0.1, 0.15) is 5.75 Å². The van der Waals surface area contributed by atoms with Gasteiger partial charge < -0.3 is 14.2 Å². The molecule has 0 spiro atoms. The van der Waals surface area contributed by atoms with E-state index < -0.39 is 18.2 Å². The molecule has 3 aliphatic heterocycles. The van der Waals surface area contributed by atoms with Crippen LogP contribution >= 0.6 is 0 Å². The van der Waals surface area contributed by atoms with Crippen molar-refractivity contribution in [3.05, 3.63) is 65.4 Å². The number of piperidine rings is 2. The van der Waals surface area contributed by atoms with Crippen molar-refractivity contribution in [1.29, 1.82) is 0 Å². The first-order valence-corrected chi connectivity index (χ1v) is 13.0. The smallest absolute Gasteiger partial charge is 0.437 e. The molecule has 3 unspecified atom stereocenters. The second kappa shape index (κ2) is 9.34. The summed E-state index contributed by atoms with van der Waals surface area (Å²) in [6, 6.07) is 14.1. The SMILES string of the molecule is CCC1C[C@H]2C[C@H]3c4c(c5cc(OC(=O)OC)ccc5n4C(=O)OC(=O)c4ccccc4)CCN(C2)C13. The second-order valence-corrected chi connectivity index (χ2v) is 10.3. The highest BCUT2D eigenvalue weighted by molar-refractivity contribution is 6.01. The highest BCUT2D eigenvalue weighted by atomic mass is 16.7.